The molecular weight excluding hydrogens is 304 g/mol. The molecule has 1 heterocycles. The van der Waals surface area contributed by atoms with E-state index in [1.807, 2.05) is 12.1 Å². The molecule has 0 amide bonds. The van der Waals surface area contributed by atoms with Crippen molar-refractivity contribution in [1.29, 1.82) is 0 Å². The first-order valence-corrected chi connectivity index (χ1v) is 7.35. The number of benzene rings is 1. The summed E-state index contributed by atoms with van der Waals surface area (Å²) in [6, 6.07) is 9.91. The van der Waals surface area contributed by atoms with Crippen LogP contribution >= 0.6 is 15.9 Å². The number of aromatic nitrogens is 2. The lowest BCUT2D eigenvalue weighted by Crippen LogP contribution is -1.96. The van der Waals surface area contributed by atoms with Gasteiger partial charge in [0.15, 0.2) is 0 Å². The van der Waals surface area contributed by atoms with E-state index in [0.717, 1.165) is 22.6 Å². The van der Waals surface area contributed by atoms with E-state index < -0.39 is 0 Å². The molecule has 19 heavy (non-hydrogen) atoms. The zero-order chi connectivity index (χ0) is 13.2. The smallest absolute Gasteiger partial charge is 0.223 e. The molecule has 0 spiro atoms. The second-order valence-electron chi connectivity index (χ2n) is 4.76. The highest BCUT2D eigenvalue weighted by molar-refractivity contribution is 9.10. The molecule has 3 nitrogen and oxygen atoms in total. The first-order valence-electron chi connectivity index (χ1n) is 6.56. The van der Waals surface area contributed by atoms with Crippen LogP contribution in [0.5, 0.6) is 11.6 Å². The van der Waals surface area contributed by atoms with E-state index in [4.69, 9.17) is 4.74 Å². The zero-order valence-electron chi connectivity index (χ0n) is 10.8. The van der Waals surface area contributed by atoms with Crippen LogP contribution in [0.3, 0.4) is 0 Å². The molecule has 0 saturated heterocycles. The van der Waals surface area contributed by atoms with Crippen LogP contribution in [0, 0.1) is 0 Å². The first-order chi connectivity index (χ1) is 9.24. The van der Waals surface area contributed by atoms with E-state index >= 15 is 0 Å². The number of rotatable bonds is 4. The number of hydrogen-bond donors (Lipinski definition) is 0. The molecule has 1 aliphatic rings. The number of halogens is 1. The fraction of sp³-hybridized carbons (Fsp3) is 0.333. The molecule has 4 heteroatoms. The highest BCUT2D eigenvalue weighted by Crippen LogP contribution is 2.39. The molecule has 1 aliphatic carbocycles. The fourth-order valence-electron chi connectivity index (χ4n) is 1.90. The maximum atomic E-state index is 5.80. The molecule has 1 saturated carbocycles. The topological polar surface area (TPSA) is 35.0 Å². The molecule has 98 valence electrons. The average molecular weight is 319 g/mol. The summed E-state index contributed by atoms with van der Waals surface area (Å²) in [5.74, 6) is 2.81. The van der Waals surface area contributed by atoms with Crippen molar-refractivity contribution in [3.8, 4) is 11.6 Å². The third-order valence-corrected chi connectivity index (χ3v) is 3.59. The van der Waals surface area contributed by atoms with Gasteiger partial charge in [0, 0.05) is 12.0 Å². The SMILES string of the molecule is CCc1ccc(Oc2cc(Br)nc(C3CC3)n2)cc1. The third kappa shape index (κ3) is 3.13. The van der Waals surface area contributed by atoms with Gasteiger partial charge in [0.1, 0.15) is 16.2 Å². The van der Waals surface area contributed by atoms with Crippen molar-refractivity contribution in [2.75, 3.05) is 0 Å². The van der Waals surface area contributed by atoms with Crippen LogP contribution < -0.4 is 4.74 Å². The quantitative estimate of drug-likeness (QED) is 0.780. The van der Waals surface area contributed by atoms with Gasteiger partial charge in [-0.15, -0.1) is 0 Å². The Morgan fingerprint density at radius 1 is 1.21 bits per heavy atom. The predicted octanol–water partition coefficient (Wildman–Crippen LogP) is 4.47. The summed E-state index contributed by atoms with van der Waals surface area (Å²) in [5, 5.41) is 0. The van der Waals surface area contributed by atoms with Gasteiger partial charge < -0.3 is 4.74 Å². The molecule has 1 aromatic carbocycles. The van der Waals surface area contributed by atoms with Crippen LogP contribution in [0.2, 0.25) is 0 Å². The van der Waals surface area contributed by atoms with E-state index in [1.54, 1.807) is 6.07 Å². The Kier molecular flexibility index (Phi) is 3.51. The minimum atomic E-state index is 0.516. The van der Waals surface area contributed by atoms with Crippen LogP contribution in [0.15, 0.2) is 34.9 Å². The molecule has 0 atom stereocenters. The number of hydrogen-bond acceptors (Lipinski definition) is 3. The summed E-state index contributed by atoms with van der Waals surface area (Å²) in [6.07, 6.45) is 3.40. The second-order valence-corrected chi connectivity index (χ2v) is 5.57. The van der Waals surface area contributed by atoms with Gasteiger partial charge >= 0.3 is 0 Å². The maximum Gasteiger partial charge on any atom is 0.223 e. The van der Waals surface area contributed by atoms with Gasteiger partial charge in [-0.05, 0) is 52.9 Å². The Bertz CT molecular complexity index is 579. The van der Waals surface area contributed by atoms with Gasteiger partial charge in [-0.3, -0.25) is 0 Å². The van der Waals surface area contributed by atoms with Crippen molar-refractivity contribution in [2.24, 2.45) is 0 Å². The Hall–Kier alpha value is -1.42. The normalized spacial score (nSPS) is 14.4. The fourth-order valence-corrected chi connectivity index (χ4v) is 2.28. The molecule has 0 N–H and O–H groups in total. The molecule has 3 rings (SSSR count). The number of nitrogens with zero attached hydrogens (tertiary/aromatic N) is 2. The average Bonchev–Trinajstić information content (AvgIpc) is 3.23. The van der Waals surface area contributed by atoms with Gasteiger partial charge in [-0.2, -0.15) is 4.98 Å². The minimum Gasteiger partial charge on any atom is -0.439 e. The molecular formula is C15H15BrN2O. The summed E-state index contributed by atoms with van der Waals surface area (Å²) in [4.78, 5) is 8.86. The van der Waals surface area contributed by atoms with Gasteiger partial charge in [0.2, 0.25) is 5.88 Å². The van der Waals surface area contributed by atoms with Crippen LogP contribution in [-0.2, 0) is 6.42 Å². The minimum absolute atomic E-state index is 0.516. The van der Waals surface area contributed by atoms with E-state index in [0.29, 0.717) is 11.8 Å². The lowest BCUT2D eigenvalue weighted by atomic mass is 10.2. The van der Waals surface area contributed by atoms with Gasteiger partial charge in [0.05, 0.1) is 0 Å². The van der Waals surface area contributed by atoms with Crippen molar-refractivity contribution in [3.63, 3.8) is 0 Å². The van der Waals surface area contributed by atoms with Crippen LogP contribution in [-0.4, -0.2) is 9.97 Å². The predicted molar refractivity (Wildman–Crippen MR) is 77.6 cm³/mol. The largest absolute Gasteiger partial charge is 0.439 e. The first kappa shape index (κ1) is 12.6. The van der Waals surface area contributed by atoms with Crippen LogP contribution in [0.25, 0.3) is 0 Å². The Morgan fingerprint density at radius 3 is 2.58 bits per heavy atom. The molecule has 1 aromatic heterocycles. The van der Waals surface area contributed by atoms with Crippen molar-refractivity contribution in [2.45, 2.75) is 32.1 Å². The van der Waals surface area contributed by atoms with E-state index in [2.05, 4.69) is 45.0 Å². The summed E-state index contributed by atoms with van der Waals surface area (Å²) < 4.78 is 6.58. The van der Waals surface area contributed by atoms with Crippen molar-refractivity contribution < 1.29 is 4.74 Å². The van der Waals surface area contributed by atoms with Gasteiger partial charge in [-0.25, -0.2) is 4.98 Å². The lowest BCUT2D eigenvalue weighted by molar-refractivity contribution is 0.457. The zero-order valence-corrected chi connectivity index (χ0v) is 12.4. The number of aryl methyl sites for hydroxylation is 1. The second kappa shape index (κ2) is 5.29. The van der Waals surface area contributed by atoms with Crippen LogP contribution in [0.1, 0.15) is 37.1 Å². The molecule has 0 radical (unpaired) electrons. The van der Waals surface area contributed by atoms with Crippen molar-refractivity contribution in [3.05, 3.63) is 46.3 Å². The molecule has 0 aliphatic heterocycles. The number of ether oxygens (including phenoxy) is 1. The Balaban J connectivity index is 1.81. The molecule has 1 fully saturated rings. The summed E-state index contributed by atoms with van der Waals surface area (Å²) >= 11 is 3.41. The third-order valence-electron chi connectivity index (χ3n) is 3.19. The molecule has 0 bridgehead atoms. The monoisotopic (exact) mass is 318 g/mol. The van der Waals surface area contributed by atoms with Crippen molar-refractivity contribution >= 4 is 15.9 Å². The van der Waals surface area contributed by atoms with Crippen LogP contribution in [0.4, 0.5) is 0 Å². The molecule has 0 unspecified atom stereocenters. The highest BCUT2D eigenvalue weighted by atomic mass is 79.9. The standard InChI is InChI=1S/C15H15BrN2O/c1-2-10-3-7-12(8-4-10)19-14-9-13(16)17-15(18-14)11-5-6-11/h3-4,7-9,11H,2,5-6H2,1H3. The van der Waals surface area contributed by atoms with Crippen molar-refractivity contribution in [1.82, 2.24) is 9.97 Å². The highest BCUT2D eigenvalue weighted by Gasteiger charge is 2.27. The Morgan fingerprint density at radius 2 is 1.95 bits per heavy atom. The lowest BCUT2D eigenvalue weighted by Gasteiger charge is -2.07. The molecule has 2 aromatic rings. The maximum absolute atomic E-state index is 5.80. The Labute approximate surface area is 121 Å². The van der Waals surface area contributed by atoms with Gasteiger partial charge in [0.25, 0.3) is 0 Å². The van der Waals surface area contributed by atoms with E-state index in [9.17, 15) is 0 Å². The van der Waals surface area contributed by atoms with E-state index in [1.165, 1.54) is 18.4 Å². The summed E-state index contributed by atoms with van der Waals surface area (Å²) in [5.41, 5.74) is 1.30. The summed E-state index contributed by atoms with van der Waals surface area (Å²) in [6.45, 7) is 2.14. The summed E-state index contributed by atoms with van der Waals surface area (Å²) in [7, 11) is 0. The van der Waals surface area contributed by atoms with E-state index in [-0.39, 0.29) is 0 Å². The van der Waals surface area contributed by atoms with Gasteiger partial charge in [-0.1, -0.05) is 19.1 Å².